The Morgan fingerprint density at radius 2 is 2.06 bits per heavy atom. The van der Waals surface area contributed by atoms with Crippen LogP contribution in [0.3, 0.4) is 0 Å². The van der Waals surface area contributed by atoms with E-state index >= 15 is 0 Å². The number of sulfonamides is 1. The second kappa shape index (κ2) is 8.25. The molecule has 0 amide bonds. The first-order valence-corrected chi connectivity index (χ1v) is 11.5. The second-order valence-corrected chi connectivity index (χ2v) is 9.82. The number of nitrogens with one attached hydrogen (secondary N) is 1. The third kappa shape index (κ3) is 4.32. The van der Waals surface area contributed by atoms with Gasteiger partial charge < -0.3 is 10.5 Å². The summed E-state index contributed by atoms with van der Waals surface area (Å²) >= 11 is 6.42. The highest BCUT2D eigenvalue weighted by molar-refractivity contribution is 7.90. The molecule has 2 aromatic carbocycles. The van der Waals surface area contributed by atoms with Gasteiger partial charge in [-0.05, 0) is 42.7 Å². The number of methoxy groups -OCH3 is 1. The van der Waals surface area contributed by atoms with Gasteiger partial charge in [0.05, 0.1) is 28.6 Å². The van der Waals surface area contributed by atoms with Crippen LogP contribution in [0.15, 0.2) is 30.3 Å². The van der Waals surface area contributed by atoms with Crippen molar-refractivity contribution in [1.82, 2.24) is 14.5 Å². The summed E-state index contributed by atoms with van der Waals surface area (Å²) in [5.41, 5.74) is 8.07. The van der Waals surface area contributed by atoms with Gasteiger partial charge in [-0.2, -0.15) is 5.10 Å². The lowest BCUT2D eigenvalue weighted by molar-refractivity contribution is 0.123. The maximum Gasteiger partial charge on any atom is 0.257 e. The van der Waals surface area contributed by atoms with Crippen molar-refractivity contribution in [2.45, 2.75) is 37.6 Å². The fraction of sp³-hybridized carbons (Fsp3) is 0.350. The van der Waals surface area contributed by atoms with Crippen LogP contribution in [-0.2, 0) is 23.1 Å². The predicted octanol–water partition coefficient (Wildman–Crippen LogP) is 3.79. The maximum absolute atomic E-state index is 13.2. The number of benzene rings is 2. The van der Waals surface area contributed by atoms with Crippen molar-refractivity contribution in [3.05, 3.63) is 40.9 Å². The Labute approximate surface area is 183 Å². The van der Waals surface area contributed by atoms with E-state index in [1.165, 1.54) is 13.2 Å². The molecule has 1 aliphatic carbocycles. The Morgan fingerprint density at radius 1 is 1.32 bits per heavy atom. The van der Waals surface area contributed by atoms with Gasteiger partial charge in [0.1, 0.15) is 18.0 Å². The Bertz CT molecular complexity index is 1240. The number of aromatic nitrogens is 2. The number of hydrogen-bond donors (Lipinski definition) is 2. The van der Waals surface area contributed by atoms with Crippen molar-refractivity contribution in [2.24, 2.45) is 0 Å². The molecule has 3 aromatic rings. The van der Waals surface area contributed by atoms with E-state index in [2.05, 4.69) is 9.82 Å². The van der Waals surface area contributed by atoms with E-state index in [1.807, 2.05) is 0 Å². The summed E-state index contributed by atoms with van der Waals surface area (Å²) in [6, 6.07) is 8.19. The Balaban J connectivity index is 1.87. The number of nitrogens with zero attached hydrogens (tertiary/aromatic N) is 2. The van der Waals surface area contributed by atoms with Crippen molar-refractivity contribution in [2.75, 3.05) is 12.8 Å². The zero-order chi connectivity index (χ0) is 22.3. The molecule has 166 valence electrons. The molecule has 0 spiro atoms. The molecule has 1 heterocycles. The topological polar surface area (TPSA) is 99.2 Å². The fourth-order valence-corrected chi connectivity index (χ4v) is 5.08. The SMILES string of the molecule is COc1ccc(CNS(=O)(=O)C2CC2)c(-c2nn(CC(F)F)c3c(N)ccc(Cl)c23)c1. The third-order valence-electron chi connectivity index (χ3n) is 5.18. The van der Waals surface area contributed by atoms with Crippen LogP contribution in [0.5, 0.6) is 5.75 Å². The van der Waals surface area contributed by atoms with Gasteiger partial charge in [0, 0.05) is 17.5 Å². The summed E-state index contributed by atoms with van der Waals surface area (Å²) in [5, 5.41) is 4.74. The summed E-state index contributed by atoms with van der Waals surface area (Å²) in [4.78, 5) is 0. The van der Waals surface area contributed by atoms with E-state index in [1.54, 1.807) is 24.3 Å². The van der Waals surface area contributed by atoms with Crippen LogP contribution in [0, 0.1) is 0 Å². The molecule has 1 aliphatic rings. The summed E-state index contributed by atoms with van der Waals surface area (Å²) < 4.78 is 60.0. The molecule has 1 fully saturated rings. The Kier molecular flexibility index (Phi) is 5.80. The van der Waals surface area contributed by atoms with Crippen molar-refractivity contribution >= 4 is 38.2 Å². The van der Waals surface area contributed by atoms with Crippen molar-refractivity contribution in [3.63, 3.8) is 0 Å². The minimum atomic E-state index is -3.42. The molecule has 31 heavy (non-hydrogen) atoms. The van der Waals surface area contributed by atoms with Gasteiger partial charge >= 0.3 is 0 Å². The van der Waals surface area contributed by atoms with Crippen LogP contribution in [0.4, 0.5) is 14.5 Å². The van der Waals surface area contributed by atoms with Gasteiger partial charge in [0.15, 0.2) is 0 Å². The minimum Gasteiger partial charge on any atom is -0.497 e. The highest BCUT2D eigenvalue weighted by atomic mass is 35.5. The molecule has 0 aliphatic heterocycles. The zero-order valence-electron chi connectivity index (χ0n) is 16.6. The highest BCUT2D eigenvalue weighted by Crippen LogP contribution is 2.39. The van der Waals surface area contributed by atoms with Gasteiger partial charge in [-0.25, -0.2) is 21.9 Å². The fourth-order valence-electron chi connectivity index (χ4n) is 3.49. The first-order chi connectivity index (χ1) is 14.7. The second-order valence-electron chi connectivity index (χ2n) is 7.37. The molecule has 11 heteroatoms. The van der Waals surface area contributed by atoms with Gasteiger partial charge in [-0.15, -0.1) is 0 Å². The zero-order valence-corrected chi connectivity index (χ0v) is 18.2. The lowest BCUT2D eigenvalue weighted by Crippen LogP contribution is -2.26. The first kappa shape index (κ1) is 21.8. The van der Waals surface area contributed by atoms with E-state index in [4.69, 9.17) is 22.1 Å². The van der Waals surface area contributed by atoms with Crippen LogP contribution in [0.1, 0.15) is 18.4 Å². The number of halogens is 3. The molecular formula is C20H21ClF2N4O3S. The molecule has 0 atom stereocenters. The summed E-state index contributed by atoms with van der Waals surface area (Å²) in [7, 11) is -1.93. The van der Waals surface area contributed by atoms with E-state index in [0.717, 1.165) is 4.68 Å². The highest BCUT2D eigenvalue weighted by Gasteiger charge is 2.35. The summed E-state index contributed by atoms with van der Waals surface area (Å²) in [6.07, 6.45) is -1.37. The predicted molar refractivity (Wildman–Crippen MR) is 116 cm³/mol. The van der Waals surface area contributed by atoms with Crippen LogP contribution in [0.2, 0.25) is 5.02 Å². The number of nitrogen functional groups attached to an aromatic ring is 1. The first-order valence-electron chi connectivity index (χ1n) is 9.59. The molecule has 1 aromatic heterocycles. The van der Waals surface area contributed by atoms with Crippen LogP contribution in [-0.4, -0.2) is 37.0 Å². The molecule has 0 bridgehead atoms. The molecule has 1 saturated carbocycles. The minimum absolute atomic E-state index is 0.0152. The van der Waals surface area contributed by atoms with Gasteiger partial charge in [0.2, 0.25) is 10.0 Å². The molecular weight excluding hydrogens is 450 g/mol. The lowest BCUT2D eigenvalue weighted by Gasteiger charge is -2.12. The average Bonchev–Trinajstić information content (AvgIpc) is 3.52. The molecule has 3 N–H and O–H groups in total. The van der Waals surface area contributed by atoms with Crippen LogP contribution in [0.25, 0.3) is 22.2 Å². The largest absolute Gasteiger partial charge is 0.497 e. The van der Waals surface area contributed by atoms with Crippen LogP contribution >= 0.6 is 11.6 Å². The van der Waals surface area contributed by atoms with E-state index in [-0.39, 0.29) is 17.5 Å². The van der Waals surface area contributed by atoms with Crippen molar-refractivity contribution < 1.29 is 21.9 Å². The van der Waals surface area contributed by atoms with Gasteiger partial charge in [-0.3, -0.25) is 4.68 Å². The Morgan fingerprint density at radius 3 is 2.71 bits per heavy atom. The number of nitrogens with two attached hydrogens (primary N) is 1. The number of alkyl halides is 2. The smallest absolute Gasteiger partial charge is 0.257 e. The monoisotopic (exact) mass is 470 g/mol. The molecule has 4 rings (SSSR count). The summed E-state index contributed by atoms with van der Waals surface area (Å²) in [5.74, 6) is 0.500. The number of hydrogen-bond acceptors (Lipinski definition) is 5. The number of rotatable bonds is 8. The Hall–Kier alpha value is -2.43. The molecule has 0 unspecified atom stereocenters. The quantitative estimate of drug-likeness (QED) is 0.488. The number of ether oxygens (including phenoxy) is 1. The van der Waals surface area contributed by atoms with E-state index in [9.17, 15) is 17.2 Å². The normalized spacial score (nSPS) is 14.5. The van der Waals surface area contributed by atoms with Gasteiger partial charge in [0.25, 0.3) is 6.43 Å². The van der Waals surface area contributed by atoms with E-state index < -0.39 is 23.0 Å². The average molecular weight is 471 g/mol. The molecule has 0 saturated heterocycles. The maximum atomic E-state index is 13.2. The number of fused-ring (bicyclic) bond motifs is 1. The number of anilines is 1. The van der Waals surface area contributed by atoms with Crippen molar-refractivity contribution in [1.29, 1.82) is 0 Å². The lowest BCUT2D eigenvalue weighted by atomic mass is 10.0. The molecule has 0 radical (unpaired) electrons. The summed E-state index contributed by atoms with van der Waals surface area (Å²) in [6.45, 7) is -0.643. The van der Waals surface area contributed by atoms with Gasteiger partial charge in [-0.1, -0.05) is 17.7 Å². The third-order valence-corrected chi connectivity index (χ3v) is 7.39. The van der Waals surface area contributed by atoms with Crippen molar-refractivity contribution in [3.8, 4) is 17.0 Å². The van der Waals surface area contributed by atoms with Crippen LogP contribution < -0.4 is 15.2 Å². The van der Waals surface area contributed by atoms with E-state index in [0.29, 0.717) is 51.3 Å². The molecule has 7 nitrogen and oxygen atoms in total. The standard InChI is InChI=1S/C20H21ClF2N4O3S/c1-30-12-3-2-11(9-25-31(28,29)13-4-5-13)14(8-12)19-18-15(21)6-7-16(24)20(18)27(26-19)10-17(22)23/h2-3,6-8,13,17,25H,4-5,9-10,24H2,1H3.